The van der Waals surface area contributed by atoms with Crippen molar-refractivity contribution in [1.29, 1.82) is 0 Å². The molecular weight excluding hydrogens is 256 g/mol. The first-order chi connectivity index (χ1) is 9.63. The standard InChI is InChI=1S/C15H14N2O3/c16-13-8-17-14(7-12(13)15(18)19)20-11-5-4-9-2-1-3-10(9)6-11/h4-8H,1-3,16H2,(H,18,19). The maximum absolute atomic E-state index is 11.0. The van der Waals surface area contributed by atoms with Crippen molar-refractivity contribution in [1.82, 2.24) is 4.98 Å². The predicted molar refractivity (Wildman–Crippen MR) is 74.1 cm³/mol. The van der Waals surface area contributed by atoms with Crippen LogP contribution in [0.4, 0.5) is 5.69 Å². The molecule has 0 unspecified atom stereocenters. The minimum absolute atomic E-state index is 0.00356. The van der Waals surface area contributed by atoms with Crippen LogP contribution in [0.2, 0.25) is 0 Å². The molecule has 0 saturated heterocycles. The molecule has 0 saturated carbocycles. The number of ether oxygens (including phenoxy) is 1. The first-order valence-corrected chi connectivity index (χ1v) is 6.42. The Labute approximate surface area is 116 Å². The number of nitrogens with zero attached hydrogens (tertiary/aromatic N) is 1. The van der Waals surface area contributed by atoms with Crippen LogP contribution >= 0.6 is 0 Å². The van der Waals surface area contributed by atoms with Gasteiger partial charge in [-0.15, -0.1) is 0 Å². The molecule has 3 rings (SSSR count). The van der Waals surface area contributed by atoms with E-state index in [1.807, 2.05) is 18.2 Å². The third-order valence-corrected chi connectivity index (χ3v) is 3.43. The van der Waals surface area contributed by atoms with Crippen molar-refractivity contribution in [3.63, 3.8) is 0 Å². The molecule has 0 atom stereocenters. The summed E-state index contributed by atoms with van der Waals surface area (Å²) in [6, 6.07) is 7.25. The van der Waals surface area contributed by atoms with Gasteiger partial charge in [-0.25, -0.2) is 9.78 Å². The van der Waals surface area contributed by atoms with Crippen LogP contribution in [-0.4, -0.2) is 16.1 Å². The number of nitrogens with two attached hydrogens (primary N) is 1. The number of pyridine rings is 1. The smallest absolute Gasteiger partial charge is 0.338 e. The van der Waals surface area contributed by atoms with Gasteiger partial charge in [0.05, 0.1) is 17.4 Å². The maximum atomic E-state index is 11.0. The van der Waals surface area contributed by atoms with Crippen LogP contribution in [0.15, 0.2) is 30.5 Å². The minimum Gasteiger partial charge on any atom is -0.478 e. The molecule has 20 heavy (non-hydrogen) atoms. The van der Waals surface area contributed by atoms with E-state index in [-0.39, 0.29) is 17.1 Å². The zero-order valence-corrected chi connectivity index (χ0v) is 10.8. The third kappa shape index (κ3) is 2.30. The fraction of sp³-hybridized carbons (Fsp3) is 0.200. The highest BCUT2D eigenvalue weighted by Crippen LogP contribution is 2.29. The molecule has 0 aliphatic heterocycles. The van der Waals surface area contributed by atoms with Gasteiger partial charge in [0.15, 0.2) is 0 Å². The number of anilines is 1. The Morgan fingerprint density at radius 3 is 2.85 bits per heavy atom. The topological polar surface area (TPSA) is 85.4 Å². The fourth-order valence-corrected chi connectivity index (χ4v) is 2.42. The first-order valence-electron chi connectivity index (χ1n) is 6.42. The van der Waals surface area contributed by atoms with Crippen LogP contribution < -0.4 is 10.5 Å². The van der Waals surface area contributed by atoms with E-state index in [1.165, 1.54) is 29.8 Å². The van der Waals surface area contributed by atoms with Gasteiger partial charge in [0.2, 0.25) is 5.88 Å². The Balaban J connectivity index is 1.88. The molecule has 0 radical (unpaired) electrons. The largest absolute Gasteiger partial charge is 0.478 e. The molecule has 2 aromatic rings. The van der Waals surface area contributed by atoms with Crippen molar-refractivity contribution >= 4 is 11.7 Å². The summed E-state index contributed by atoms with van der Waals surface area (Å²) in [7, 11) is 0. The Bertz CT molecular complexity index is 683. The summed E-state index contributed by atoms with van der Waals surface area (Å²) in [5.41, 5.74) is 8.32. The molecule has 3 N–H and O–H groups in total. The number of aromatic nitrogens is 1. The van der Waals surface area contributed by atoms with E-state index in [2.05, 4.69) is 4.98 Å². The molecule has 1 aliphatic carbocycles. The number of carboxylic acids is 1. The van der Waals surface area contributed by atoms with Gasteiger partial charge in [-0.05, 0) is 42.5 Å². The number of aryl methyl sites for hydroxylation is 2. The summed E-state index contributed by atoms with van der Waals surface area (Å²) < 4.78 is 5.62. The Hall–Kier alpha value is -2.56. The van der Waals surface area contributed by atoms with Crippen molar-refractivity contribution in [2.24, 2.45) is 0 Å². The number of carbonyl (C=O) groups is 1. The number of carboxylic acid groups (broad SMARTS) is 1. The summed E-state index contributed by atoms with van der Waals surface area (Å²) in [5, 5.41) is 9.02. The molecule has 0 amide bonds. The molecule has 0 bridgehead atoms. The quantitative estimate of drug-likeness (QED) is 0.895. The van der Waals surface area contributed by atoms with Crippen LogP contribution in [0.5, 0.6) is 11.6 Å². The van der Waals surface area contributed by atoms with Crippen LogP contribution in [-0.2, 0) is 12.8 Å². The summed E-state index contributed by atoms with van der Waals surface area (Å²) >= 11 is 0. The number of fused-ring (bicyclic) bond motifs is 1. The van der Waals surface area contributed by atoms with Gasteiger partial charge < -0.3 is 15.6 Å². The highest BCUT2D eigenvalue weighted by molar-refractivity contribution is 5.93. The minimum atomic E-state index is -1.09. The molecule has 1 heterocycles. The van der Waals surface area contributed by atoms with Crippen molar-refractivity contribution in [3.05, 3.63) is 47.2 Å². The third-order valence-electron chi connectivity index (χ3n) is 3.43. The number of hydrogen-bond donors (Lipinski definition) is 2. The van der Waals surface area contributed by atoms with Gasteiger partial charge in [0, 0.05) is 6.07 Å². The van der Waals surface area contributed by atoms with Crippen molar-refractivity contribution < 1.29 is 14.6 Å². The van der Waals surface area contributed by atoms with E-state index in [4.69, 9.17) is 15.6 Å². The molecule has 1 aromatic carbocycles. The number of hydrogen-bond acceptors (Lipinski definition) is 4. The number of nitrogen functional groups attached to an aromatic ring is 1. The second-order valence-corrected chi connectivity index (χ2v) is 4.80. The van der Waals surface area contributed by atoms with Gasteiger partial charge in [-0.2, -0.15) is 0 Å². The van der Waals surface area contributed by atoms with Gasteiger partial charge >= 0.3 is 5.97 Å². The maximum Gasteiger partial charge on any atom is 0.338 e. The molecule has 0 spiro atoms. The van der Waals surface area contributed by atoms with Crippen LogP contribution in [0.3, 0.4) is 0 Å². The van der Waals surface area contributed by atoms with Gasteiger partial charge in [-0.1, -0.05) is 6.07 Å². The zero-order valence-electron chi connectivity index (χ0n) is 10.8. The molecule has 5 heteroatoms. The lowest BCUT2D eigenvalue weighted by molar-refractivity contribution is 0.0697. The van der Waals surface area contributed by atoms with Crippen molar-refractivity contribution in [2.45, 2.75) is 19.3 Å². The SMILES string of the molecule is Nc1cnc(Oc2ccc3c(c2)CCC3)cc1C(=O)O. The van der Waals surface area contributed by atoms with Gasteiger partial charge in [-0.3, -0.25) is 0 Å². The Morgan fingerprint density at radius 1 is 1.25 bits per heavy atom. The Morgan fingerprint density at radius 2 is 2.05 bits per heavy atom. The van der Waals surface area contributed by atoms with E-state index in [9.17, 15) is 4.79 Å². The summed E-state index contributed by atoms with van der Waals surface area (Å²) in [4.78, 5) is 15.0. The first kappa shape index (κ1) is 12.5. The van der Waals surface area contributed by atoms with Crippen LogP contribution in [0.1, 0.15) is 27.9 Å². The van der Waals surface area contributed by atoms with Gasteiger partial charge in [0.25, 0.3) is 0 Å². The number of benzene rings is 1. The molecule has 1 aromatic heterocycles. The average Bonchev–Trinajstić information content (AvgIpc) is 2.88. The summed E-state index contributed by atoms with van der Waals surface area (Å²) in [6.07, 6.45) is 4.63. The van der Waals surface area contributed by atoms with E-state index >= 15 is 0 Å². The Kier molecular flexibility index (Phi) is 3.02. The van der Waals surface area contributed by atoms with E-state index in [0.29, 0.717) is 5.75 Å². The molecular formula is C15H14N2O3. The lowest BCUT2D eigenvalue weighted by atomic mass is 10.1. The fourth-order valence-electron chi connectivity index (χ4n) is 2.42. The lowest BCUT2D eigenvalue weighted by Gasteiger charge is -2.08. The van der Waals surface area contributed by atoms with Crippen LogP contribution in [0, 0.1) is 0 Å². The lowest BCUT2D eigenvalue weighted by Crippen LogP contribution is -2.03. The summed E-state index contributed by atoms with van der Waals surface area (Å²) in [6.45, 7) is 0. The summed E-state index contributed by atoms with van der Waals surface area (Å²) in [5.74, 6) is -0.197. The van der Waals surface area contributed by atoms with Crippen molar-refractivity contribution in [2.75, 3.05) is 5.73 Å². The number of aromatic carboxylic acids is 1. The molecule has 5 nitrogen and oxygen atoms in total. The second kappa shape index (κ2) is 4.85. The van der Waals surface area contributed by atoms with Crippen LogP contribution in [0.25, 0.3) is 0 Å². The molecule has 102 valence electrons. The van der Waals surface area contributed by atoms with E-state index in [0.717, 1.165) is 12.8 Å². The zero-order chi connectivity index (χ0) is 14.1. The number of rotatable bonds is 3. The average molecular weight is 270 g/mol. The van der Waals surface area contributed by atoms with Gasteiger partial charge in [0.1, 0.15) is 5.75 Å². The monoisotopic (exact) mass is 270 g/mol. The normalized spacial score (nSPS) is 13.0. The highest BCUT2D eigenvalue weighted by atomic mass is 16.5. The van der Waals surface area contributed by atoms with E-state index < -0.39 is 5.97 Å². The molecule has 1 aliphatic rings. The second-order valence-electron chi connectivity index (χ2n) is 4.80. The van der Waals surface area contributed by atoms with E-state index in [1.54, 1.807) is 0 Å². The van der Waals surface area contributed by atoms with Crippen molar-refractivity contribution in [3.8, 4) is 11.6 Å². The highest BCUT2D eigenvalue weighted by Gasteiger charge is 2.13. The molecule has 0 fully saturated rings. The predicted octanol–water partition coefficient (Wildman–Crippen LogP) is 2.64.